The minimum atomic E-state index is -4.68. The van der Waals surface area contributed by atoms with Crippen molar-refractivity contribution in [3.05, 3.63) is 38.7 Å². The Hall–Kier alpha value is -2.45. The lowest BCUT2D eigenvalue weighted by atomic mass is 10.2. The van der Waals surface area contributed by atoms with Gasteiger partial charge in [0.25, 0.3) is 5.56 Å². The van der Waals surface area contributed by atoms with Crippen molar-refractivity contribution < 1.29 is 18.0 Å². The summed E-state index contributed by atoms with van der Waals surface area (Å²) in [5, 5.41) is -0.161. The Morgan fingerprint density at radius 3 is 2.43 bits per heavy atom. The van der Waals surface area contributed by atoms with Crippen LogP contribution >= 0.6 is 0 Å². The molecule has 6 nitrogen and oxygen atoms in total. The van der Waals surface area contributed by atoms with Crippen molar-refractivity contribution >= 4 is 16.8 Å². The van der Waals surface area contributed by atoms with E-state index in [0.717, 1.165) is 10.6 Å². The average Bonchev–Trinajstić information content (AvgIpc) is 2.39. The van der Waals surface area contributed by atoms with Crippen LogP contribution in [0, 0.1) is 0 Å². The number of nitrogens with zero attached hydrogens (tertiary/aromatic N) is 3. The van der Waals surface area contributed by atoms with E-state index in [2.05, 4.69) is 4.98 Å². The first-order chi connectivity index (χ1) is 9.62. The van der Waals surface area contributed by atoms with Gasteiger partial charge in [0.2, 0.25) is 0 Å². The summed E-state index contributed by atoms with van der Waals surface area (Å²) >= 11 is 0. The Bertz CT molecular complexity index is 849. The number of carbonyl (C=O) groups is 1. The second kappa shape index (κ2) is 4.83. The lowest BCUT2D eigenvalue weighted by Gasteiger charge is -2.11. The highest BCUT2D eigenvalue weighted by molar-refractivity contribution is 5.77. The second-order valence-electron chi connectivity index (χ2n) is 4.50. The highest BCUT2D eigenvalue weighted by Gasteiger charge is 2.33. The summed E-state index contributed by atoms with van der Waals surface area (Å²) < 4.78 is 39.3. The molecule has 2 heterocycles. The molecule has 0 unspecified atom stereocenters. The van der Waals surface area contributed by atoms with Gasteiger partial charge in [-0.15, -0.1) is 0 Å². The number of fused-ring (bicyclic) bond motifs is 1. The summed E-state index contributed by atoms with van der Waals surface area (Å²) in [5.41, 5.74) is -3.31. The van der Waals surface area contributed by atoms with Crippen LogP contribution in [0.15, 0.2) is 21.7 Å². The number of rotatable bonds is 2. The topological polar surface area (TPSA) is 74.0 Å². The number of Topliss-reactive ketones (excluding diaryl/α,β-unsaturated/α-hetero) is 1. The van der Waals surface area contributed by atoms with E-state index >= 15 is 0 Å². The first-order valence-electron chi connectivity index (χ1n) is 5.80. The molecule has 0 atom stereocenters. The Kier molecular flexibility index (Phi) is 3.44. The molecule has 2 rings (SSSR count). The quantitative estimate of drug-likeness (QED) is 0.818. The summed E-state index contributed by atoms with van der Waals surface area (Å²) in [6.45, 7) is 0.754. The maximum Gasteiger partial charge on any atom is 0.433 e. The fraction of sp³-hybridized carbons (Fsp3) is 0.333. The molecule has 0 bridgehead atoms. The van der Waals surface area contributed by atoms with Crippen molar-refractivity contribution in [2.24, 2.45) is 7.05 Å². The number of aromatic nitrogens is 3. The molecule has 0 spiro atoms. The van der Waals surface area contributed by atoms with Crippen molar-refractivity contribution in [2.75, 3.05) is 0 Å². The molecule has 0 aliphatic heterocycles. The Balaban J connectivity index is 2.86. The third-order valence-corrected chi connectivity index (χ3v) is 2.86. The Morgan fingerprint density at radius 1 is 1.29 bits per heavy atom. The van der Waals surface area contributed by atoms with Gasteiger partial charge in [0, 0.05) is 7.05 Å². The first-order valence-corrected chi connectivity index (χ1v) is 5.80. The number of hydrogen-bond donors (Lipinski definition) is 0. The molecule has 0 N–H and O–H groups in total. The first kappa shape index (κ1) is 14.9. The van der Waals surface area contributed by atoms with Gasteiger partial charge in [0.05, 0.1) is 11.9 Å². The third-order valence-electron chi connectivity index (χ3n) is 2.86. The van der Waals surface area contributed by atoms with Gasteiger partial charge in [0.15, 0.2) is 0 Å². The standard InChI is InChI=1S/C12H10F3N3O3/c1-6(19)5-18-10(20)7-3-4-8(12(13,14)15)16-9(7)17(2)11(18)21/h3-4H,5H2,1-2H3. The van der Waals surface area contributed by atoms with E-state index in [1.165, 1.54) is 14.0 Å². The monoisotopic (exact) mass is 301 g/mol. The summed E-state index contributed by atoms with van der Waals surface area (Å²) in [5.74, 6) is -0.423. The molecule has 2 aromatic heterocycles. The van der Waals surface area contributed by atoms with Crippen LogP contribution in [0.5, 0.6) is 0 Å². The molecule has 0 fully saturated rings. The largest absolute Gasteiger partial charge is 0.433 e. The zero-order chi connectivity index (χ0) is 15.9. The van der Waals surface area contributed by atoms with Crippen LogP contribution < -0.4 is 11.2 Å². The minimum absolute atomic E-state index is 0.161. The van der Waals surface area contributed by atoms with Crippen molar-refractivity contribution in [3.63, 3.8) is 0 Å². The molecule has 9 heteroatoms. The summed E-state index contributed by atoms with van der Waals surface area (Å²) in [4.78, 5) is 38.4. The molecule has 0 aliphatic carbocycles. The maximum absolute atomic E-state index is 12.6. The molecule has 0 saturated heterocycles. The Morgan fingerprint density at radius 2 is 1.90 bits per heavy atom. The third kappa shape index (κ3) is 2.58. The predicted molar refractivity (Wildman–Crippen MR) is 66.9 cm³/mol. The van der Waals surface area contributed by atoms with Crippen LogP contribution in [0.25, 0.3) is 11.0 Å². The van der Waals surface area contributed by atoms with Crippen LogP contribution in [0.4, 0.5) is 13.2 Å². The minimum Gasteiger partial charge on any atom is -0.298 e. The summed E-state index contributed by atoms with van der Waals surface area (Å²) in [6.07, 6.45) is -4.68. The van der Waals surface area contributed by atoms with Crippen LogP contribution in [0.2, 0.25) is 0 Å². The molecule has 0 aromatic carbocycles. The van der Waals surface area contributed by atoms with Crippen molar-refractivity contribution in [1.82, 2.24) is 14.1 Å². The molecule has 0 saturated carbocycles. The molecule has 112 valence electrons. The molecular formula is C12H10F3N3O3. The number of alkyl halides is 3. The number of ketones is 1. The number of aryl methyl sites for hydroxylation is 1. The lowest BCUT2D eigenvalue weighted by molar-refractivity contribution is -0.141. The zero-order valence-electron chi connectivity index (χ0n) is 11.1. The zero-order valence-corrected chi connectivity index (χ0v) is 11.1. The number of halogens is 3. The van der Waals surface area contributed by atoms with E-state index in [0.29, 0.717) is 10.6 Å². The summed E-state index contributed by atoms with van der Waals surface area (Å²) in [6, 6.07) is 1.61. The molecule has 0 amide bonds. The van der Waals surface area contributed by atoms with Gasteiger partial charge in [-0.05, 0) is 19.1 Å². The smallest absolute Gasteiger partial charge is 0.298 e. The number of pyridine rings is 1. The van der Waals surface area contributed by atoms with Crippen molar-refractivity contribution in [3.8, 4) is 0 Å². The normalized spacial score (nSPS) is 11.9. The van der Waals surface area contributed by atoms with Gasteiger partial charge < -0.3 is 0 Å². The van der Waals surface area contributed by atoms with E-state index < -0.39 is 35.4 Å². The van der Waals surface area contributed by atoms with E-state index in [9.17, 15) is 27.6 Å². The Labute approximate surface area is 115 Å². The molecule has 2 aromatic rings. The second-order valence-corrected chi connectivity index (χ2v) is 4.50. The van der Waals surface area contributed by atoms with Crippen LogP contribution in [-0.2, 0) is 24.6 Å². The van der Waals surface area contributed by atoms with Crippen LogP contribution in [-0.4, -0.2) is 19.9 Å². The van der Waals surface area contributed by atoms with Crippen molar-refractivity contribution in [1.29, 1.82) is 0 Å². The summed E-state index contributed by atoms with van der Waals surface area (Å²) in [7, 11) is 1.19. The van der Waals surface area contributed by atoms with E-state index in [1.54, 1.807) is 0 Å². The highest BCUT2D eigenvalue weighted by atomic mass is 19.4. The highest BCUT2D eigenvalue weighted by Crippen LogP contribution is 2.28. The molecule has 21 heavy (non-hydrogen) atoms. The fourth-order valence-electron chi connectivity index (χ4n) is 1.89. The van der Waals surface area contributed by atoms with Gasteiger partial charge in [-0.1, -0.05) is 0 Å². The number of hydrogen-bond acceptors (Lipinski definition) is 4. The van der Waals surface area contributed by atoms with Gasteiger partial charge in [-0.25, -0.2) is 9.78 Å². The van der Waals surface area contributed by atoms with Gasteiger partial charge >= 0.3 is 11.9 Å². The molecular weight excluding hydrogens is 291 g/mol. The van der Waals surface area contributed by atoms with Gasteiger partial charge in [-0.2, -0.15) is 13.2 Å². The van der Waals surface area contributed by atoms with Gasteiger partial charge in [-0.3, -0.25) is 18.7 Å². The average molecular weight is 301 g/mol. The predicted octanol–water partition coefficient (Wildman–Crippen LogP) is 0.703. The van der Waals surface area contributed by atoms with E-state index in [4.69, 9.17) is 0 Å². The molecule has 0 radical (unpaired) electrons. The van der Waals surface area contributed by atoms with E-state index in [1.807, 2.05) is 0 Å². The lowest BCUT2D eigenvalue weighted by Crippen LogP contribution is -2.40. The maximum atomic E-state index is 12.6. The van der Waals surface area contributed by atoms with E-state index in [-0.39, 0.29) is 11.0 Å². The number of carbonyl (C=O) groups excluding carboxylic acids is 1. The fourth-order valence-corrected chi connectivity index (χ4v) is 1.89. The van der Waals surface area contributed by atoms with Crippen LogP contribution in [0.3, 0.4) is 0 Å². The SMILES string of the molecule is CC(=O)Cn1c(=O)c2ccc(C(F)(F)F)nc2n(C)c1=O. The molecule has 0 aliphatic rings. The van der Waals surface area contributed by atoms with Crippen LogP contribution in [0.1, 0.15) is 12.6 Å². The van der Waals surface area contributed by atoms with Crippen molar-refractivity contribution in [2.45, 2.75) is 19.6 Å². The van der Waals surface area contributed by atoms with Gasteiger partial charge in [0.1, 0.15) is 17.1 Å².